The van der Waals surface area contributed by atoms with E-state index >= 15 is 0 Å². The number of H-pyrrole nitrogens is 1. The van der Waals surface area contributed by atoms with Gasteiger partial charge in [-0.3, -0.25) is 19.5 Å². The van der Waals surface area contributed by atoms with Crippen LogP contribution in [0.3, 0.4) is 0 Å². The molecule has 3 amide bonds. The first-order valence-electron chi connectivity index (χ1n) is 9.65. The summed E-state index contributed by atoms with van der Waals surface area (Å²) in [4.78, 5) is 40.2. The molecule has 0 bridgehead atoms. The number of hydrogen-bond acceptors (Lipinski definition) is 4. The molecule has 0 fully saturated rings. The number of carbonyl (C=O) groups excluding carboxylic acids is 3. The molecule has 3 aromatic rings. The van der Waals surface area contributed by atoms with Gasteiger partial charge in [0.05, 0.1) is 6.20 Å². The molecule has 1 aromatic heterocycles. The normalized spacial score (nSPS) is 19.4. The van der Waals surface area contributed by atoms with Crippen molar-refractivity contribution in [1.82, 2.24) is 15.5 Å². The molecule has 5 rings (SSSR count). The Morgan fingerprint density at radius 2 is 1.83 bits per heavy atom. The van der Waals surface area contributed by atoms with E-state index in [1.54, 1.807) is 12.3 Å². The largest absolute Gasteiger partial charge is 0.350 e. The third-order valence-electron chi connectivity index (χ3n) is 5.69. The van der Waals surface area contributed by atoms with E-state index in [0.717, 1.165) is 5.56 Å². The van der Waals surface area contributed by atoms with Crippen molar-refractivity contribution in [2.75, 3.05) is 16.8 Å². The number of amides is 3. The lowest BCUT2D eigenvalue weighted by molar-refractivity contribution is -0.128. The summed E-state index contributed by atoms with van der Waals surface area (Å²) in [7, 11) is 0. The Labute approximate surface area is 172 Å². The van der Waals surface area contributed by atoms with Crippen LogP contribution in [0.15, 0.2) is 60.8 Å². The van der Waals surface area contributed by atoms with E-state index in [0.29, 0.717) is 29.2 Å². The highest BCUT2D eigenvalue weighted by Gasteiger charge is 2.56. The number of carbonyl (C=O) groups is 3. The second-order valence-electron chi connectivity index (χ2n) is 7.46. The van der Waals surface area contributed by atoms with Crippen molar-refractivity contribution >= 4 is 29.2 Å². The van der Waals surface area contributed by atoms with Crippen molar-refractivity contribution < 1.29 is 14.4 Å². The molecule has 30 heavy (non-hydrogen) atoms. The third-order valence-corrected chi connectivity index (χ3v) is 5.69. The van der Waals surface area contributed by atoms with E-state index in [-0.39, 0.29) is 30.7 Å². The molecule has 150 valence electrons. The summed E-state index contributed by atoms with van der Waals surface area (Å²) in [6.07, 6.45) is 1.54. The lowest BCUT2D eigenvalue weighted by Crippen LogP contribution is -2.48. The maximum absolute atomic E-state index is 13.7. The van der Waals surface area contributed by atoms with Crippen LogP contribution in [0.5, 0.6) is 0 Å². The number of rotatable bonds is 4. The summed E-state index contributed by atoms with van der Waals surface area (Å²) >= 11 is 0. The lowest BCUT2D eigenvalue weighted by Gasteiger charge is -2.31. The van der Waals surface area contributed by atoms with Crippen LogP contribution in [0.2, 0.25) is 0 Å². The average Bonchev–Trinajstić information content (AvgIpc) is 3.32. The minimum atomic E-state index is -1.18. The molecular weight excluding hydrogens is 382 g/mol. The van der Waals surface area contributed by atoms with E-state index < -0.39 is 5.41 Å². The zero-order valence-corrected chi connectivity index (χ0v) is 16.0. The standard InChI is InChI=1S/C22H19N5O3/c28-18-10-22(16-12-24-26-20(16)25-18)15-8-4-5-9-17(15)27(21(22)30)13-19(29)23-11-14-6-2-1-3-7-14/h1-9,12H,10-11,13H2,(H,23,29)(H2,24,25,26,28). The minimum Gasteiger partial charge on any atom is -0.350 e. The van der Waals surface area contributed by atoms with Gasteiger partial charge in [0.15, 0.2) is 0 Å². The molecule has 1 atom stereocenters. The van der Waals surface area contributed by atoms with Crippen molar-refractivity contribution in [2.45, 2.75) is 18.4 Å². The Hall–Kier alpha value is -3.94. The van der Waals surface area contributed by atoms with Gasteiger partial charge in [0.2, 0.25) is 17.7 Å². The molecule has 8 heteroatoms. The van der Waals surface area contributed by atoms with Crippen LogP contribution in [0.4, 0.5) is 11.5 Å². The lowest BCUT2D eigenvalue weighted by atomic mass is 9.72. The van der Waals surface area contributed by atoms with Crippen LogP contribution < -0.4 is 15.5 Å². The van der Waals surface area contributed by atoms with Crippen molar-refractivity contribution in [3.8, 4) is 0 Å². The number of anilines is 2. The first-order valence-corrected chi connectivity index (χ1v) is 9.65. The number of aromatic nitrogens is 2. The number of para-hydroxylation sites is 1. The number of nitrogens with one attached hydrogen (secondary N) is 3. The molecule has 3 N–H and O–H groups in total. The first kappa shape index (κ1) is 18.1. The Morgan fingerprint density at radius 1 is 1.07 bits per heavy atom. The van der Waals surface area contributed by atoms with Gasteiger partial charge >= 0.3 is 0 Å². The Bertz CT molecular complexity index is 1160. The van der Waals surface area contributed by atoms with Gasteiger partial charge in [0.25, 0.3) is 0 Å². The first-order chi connectivity index (χ1) is 14.6. The highest BCUT2D eigenvalue weighted by atomic mass is 16.2. The highest BCUT2D eigenvalue weighted by molar-refractivity contribution is 6.17. The molecule has 2 aromatic carbocycles. The fourth-order valence-corrected chi connectivity index (χ4v) is 4.33. The number of benzene rings is 2. The monoisotopic (exact) mass is 401 g/mol. The van der Waals surface area contributed by atoms with E-state index in [2.05, 4.69) is 20.8 Å². The van der Waals surface area contributed by atoms with Crippen LogP contribution >= 0.6 is 0 Å². The van der Waals surface area contributed by atoms with Crippen molar-refractivity contribution in [2.24, 2.45) is 0 Å². The Kier molecular flexibility index (Phi) is 4.13. The molecule has 0 aliphatic carbocycles. The van der Waals surface area contributed by atoms with Gasteiger partial charge in [-0.15, -0.1) is 0 Å². The quantitative estimate of drug-likeness (QED) is 0.618. The second kappa shape index (κ2) is 6.84. The maximum atomic E-state index is 13.7. The van der Waals surface area contributed by atoms with Gasteiger partial charge < -0.3 is 15.5 Å². The number of nitrogens with zero attached hydrogens (tertiary/aromatic N) is 2. The summed E-state index contributed by atoms with van der Waals surface area (Å²) in [5.74, 6) is -0.419. The third kappa shape index (κ3) is 2.68. The molecular formula is C22H19N5O3. The van der Waals surface area contributed by atoms with Crippen LogP contribution in [-0.2, 0) is 26.3 Å². The summed E-state index contributed by atoms with van der Waals surface area (Å²) in [5, 5.41) is 12.4. The maximum Gasteiger partial charge on any atom is 0.243 e. The SMILES string of the molecule is O=C(CN1C(=O)C2(CC(=O)Nc3[nH]ncc32)c2ccccc21)NCc1ccccc1. The van der Waals surface area contributed by atoms with Gasteiger partial charge in [-0.1, -0.05) is 48.5 Å². The van der Waals surface area contributed by atoms with Crippen molar-refractivity contribution in [3.05, 3.63) is 77.5 Å². The molecule has 1 unspecified atom stereocenters. The molecule has 0 saturated carbocycles. The molecule has 0 radical (unpaired) electrons. The molecule has 2 aliphatic rings. The summed E-state index contributed by atoms with van der Waals surface area (Å²) in [6, 6.07) is 16.9. The Balaban J connectivity index is 1.46. The molecule has 0 saturated heterocycles. The van der Waals surface area contributed by atoms with E-state index in [1.807, 2.05) is 48.5 Å². The highest BCUT2D eigenvalue weighted by Crippen LogP contribution is 2.51. The molecule has 8 nitrogen and oxygen atoms in total. The van der Waals surface area contributed by atoms with Gasteiger partial charge in [-0.25, -0.2) is 0 Å². The number of fused-ring (bicyclic) bond motifs is 4. The van der Waals surface area contributed by atoms with Crippen LogP contribution in [0.25, 0.3) is 0 Å². The van der Waals surface area contributed by atoms with Crippen LogP contribution in [0.1, 0.15) is 23.1 Å². The summed E-state index contributed by atoms with van der Waals surface area (Å²) < 4.78 is 0. The molecule has 1 spiro atoms. The predicted molar refractivity (Wildman–Crippen MR) is 110 cm³/mol. The summed E-state index contributed by atoms with van der Waals surface area (Å²) in [6.45, 7) is 0.252. The second-order valence-corrected chi connectivity index (χ2v) is 7.46. The van der Waals surface area contributed by atoms with Crippen LogP contribution in [0, 0.1) is 0 Å². The smallest absolute Gasteiger partial charge is 0.243 e. The minimum absolute atomic E-state index is 0.0302. The zero-order valence-electron chi connectivity index (χ0n) is 16.0. The van der Waals surface area contributed by atoms with E-state index in [4.69, 9.17) is 0 Å². The Morgan fingerprint density at radius 3 is 2.67 bits per heavy atom. The fourth-order valence-electron chi connectivity index (χ4n) is 4.33. The molecule has 3 heterocycles. The number of hydrogen-bond donors (Lipinski definition) is 3. The van der Waals surface area contributed by atoms with E-state index in [1.165, 1.54) is 4.90 Å². The van der Waals surface area contributed by atoms with Crippen LogP contribution in [-0.4, -0.2) is 34.5 Å². The molecule has 2 aliphatic heterocycles. The fraction of sp³-hybridized carbons (Fsp3) is 0.182. The summed E-state index contributed by atoms with van der Waals surface area (Å²) in [5.41, 5.74) is 1.76. The van der Waals surface area contributed by atoms with Gasteiger partial charge in [0, 0.05) is 24.2 Å². The van der Waals surface area contributed by atoms with Gasteiger partial charge in [0.1, 0.15) is 17.8 Å². The van der Waals surface area contributed by atoms with E-state index in [9.17, 15) is 14.4 Å². The number of aromatic amines is 1. The van der Waals surface area contributed by atoms with Crippen molar-refractivity contribution in [3.63, 3.8) is 0 Å². The zero-order chi connectivity index (χ0) is 20.7. The van der Waals surface area contributed by atoms with Crippen molar-refractivity contribution in [1.29, 1.82) is 0 Å². The van der Waals surface area contributed by atoms with Gasteiger partial charge in [-0.05, 0) is 17.2 Å². The van der Waals surface area contributed by atoms with Gasteiger partial charge in [-0.2, -0.15) is 5.10 Å². The predicted octanol–water partition coefficient (Wildman–Crippen LogP) is 1.70. The topological polar surface area (TPSA) is 107 Å². The average molecular weight is 401 g/mol.